The van der Waals surface area contributed by atoms with E-state index in [2.05, 4.69) is 37.4 Å². The number of aromatic nitrogens is 2. The number of rotatable bonds is 3. The van der Waals surface area contributed by atoms with Gasteiger partial charge < -0.3 is 20.4 Å². The topological polar surface area (TPSA) is 56.3 Å². The summed E-state index contributed by atoms with van der Waals surface area (Å²) in [6.07, 6.45) is 1.57. The van der Waals surface area contributed by atoms with Crippen LogP contribution in [0.15, 0.2) is 12.4 Å². The molecule has 2 N–H and O–H groups in total. The number of nitrogens with zero attached hydrogens (tertiary/aromatic N) is 4. The number of piperazine rings is 1. The fourth-order valence-electron chi connectivity index (χ4n) is 1.94. The Morgan fingerprint density at radius 2 is 2.05 bits per heavy atom. The monoisotopic (exact) mass is 280 g/mol. The predicted octanol–water partition coefficient (Wildman–Crippen LogP) is 0.535. The van der Waals surface area contributed by atoms with Gasteiger partial charge in [-0.3, -0.25) is 0 Å². The van der Waals surface area contributed by atoms with Gasteiger partial charge >= 0.3 is 0 Å². The molecule has 1 aromatic heterocycles. The van der Waals surface area contributed by atoms with E-state index in [1.807, 2.05) is 13.0 Å². The van der Waals surface area contributed by atoms with Gasteiger partial charge in [0.1, 0.15) is 18.0 Å². The average molecular weight is 280 g/mol. The van der Waals surface area contributed by atoms with Gasteiger partial charge in [0.2, 0.25) is 0 Å². The lowest BCUT2D eigenvalue weighted by molar-refractivity contribution is 0.312. The number of hydrogen-bond acceptors (Lipinski definition) is 5. The Morgan fingerprint density at radius 1 is 1.32 bits per heavy atom. The third-order valence-electron chi connectivity index (χ3n) is 3.06. The maximum Gasteiger partial charge on any atom is 0.171 e. The maximum atomic E-state index is 5.15. The van der Waals surface area contributed by atoms with Crippen molar-refractivity contribution in [1.29, 1.82) is 0 Å². The van der Waals surface area contributed by atoms with Gasteiger partial charge in [-0.2, -0.15) is 0 Å². The van der Waals surface area contributed by atoms with E-state index in [-0.39, 0.29) is 0 Å². The summed E-state index contributed by atoms with van der Waals surface area (Å²) in [7, 11) is 2.14. The zero-order valence-corrected chi connectivity index (χ0v) is 12.2. The molecule has 1 saturated heterocycles. The standard InChI is InChI=1S/C12H20N6S/c1-3-13-12(19)16-10-8-11(15-9-14-10)18-6-4-17(2)5-7-18/h8-9H,3-7H2,1-2H3,(H2,13,14,15,16,19). The van der Waals surface area contributed by atoms with Crippen LogP contribution in [-0.2, 0) is 0 Å². The van der Waals surface area contributed by atoms with Gasteiger partial charge in [-0.1, -0.05) is 0 Å². The summed E-state index contributed by atoms with van der Waals surface area (Å²) in [5, 5.41) is 6.69. The Balaban J connectivity index is 2.00. The van der Waals surface area contributed by atoms with Crippen LogP contribution < -0.4 is 15.5 Å². The molecular weight excluding hydrogens is 260 g/mol. The first-order valence-corrected chi connectivity index (χ1v) is 6.90. The first-order chi connectivity index (χ1) is 9.19. The minimum Gasteiger partial charge on any atom is -0.363 e. The van der Waals surface area contributed by atoms with Crippen molar-refractivity contribution in [1.82, 2.24) is 20.2 Å². The van der Waals surface area contributed by atoms with Gasteiger partial charge in [0.25, 0.3) is 0 Å². The third-order valence-corrected chi connectivity index (χ3v) is 3.31. The lowest BCUT2D eigenvalue weighted by Crippen LogP contribution is -2.44. The molecule has 0 unspecified atom stereocenters. The maximum absolute atomic E-state index is 5.15. The molecule has 7 heteroatoms. The van der Waals surface area contributed by atoms with Crippen molar-refractivity contribution in [3.8, 4) is 0 Å². The zero-order chi connectivity index (χ0) is 13.7. The van der Waals surface area contributed by atoms with Crippen LogP contribution in [0.4, 0.5) is 11.6 Å². The van der Waals surface area contributed by atoms with Crippen molar-refractivity contribution >= 4 is 29.0 Å². The second kappa shape index (κ2) is 6.63. The Hall–Kier alpha value is -1.47. The Labute approximate surface area is 119 Å². The molecule has 0 bridgehead atoms. The molecule has 6 nitrogen and oxygen atoms in total. The Bertz CT molecular complexity index is 430. The van der Waals surface area contributed by atoms with Crippen LogP contribution in [-0.4, -0.2) is 59.8 Å². The van der Waals surface area contributed by atoms with E-state index in [0.29, 0.717) is 5.11 Å². The molecule has 1 aliphatic heterocycles. The van der Waals surface area contributed by atoms with E-state index in [0.717, 1.165) is 44.4 Å². The van der Waals surface area contributed by atoms with E-state index in [1.54, 1.807) is 6.33 Å². The van der Waals surface area contributed by atoms with Crippen molar-refractivity contribution in [3.05, 3.63) is 12.4 Å². The lowest BCUT2D eigenvalue weighted by Gasteiger charge is -2.33. The third kappa shape index (κ3) is 4.00. The SMILES string of the molecule is CCNC(=S)Nc1cc(N2CCN(C)CC2)ncn1. The molecular formula is C12H20N6S. The normalized spacial score (nSPS) is 16.2. The second-order valence-electron chi connectivity index (χ2n) is 4.54. The highest BCUT2D eigenvalue weighted by Gasteiger charge is 2.15. The number of anilines is 2. The van der Waals surface area contributed by atoms with Crippen molar-refractivity contribution in [2.45, 2.75) is 6.92 Å². The van der Waals surface area contributed by atoms with Gasteiger partial charge in [0, 0.05) is 38.8 Å². The van der Waals surface area contributed by atoms with Crippen LogP contribution in [0.3, 0.4) is 0 Å². The zero-order valence-electron chi connectivity index (χ0n) is 11.4. The van der Waals surface area contributed by atoms with Crippen LogP contribution in [0.2, 0.25) is 0 Å². The van der Waals surface area contributed by atoms with Crippen molar-refractivity contribution in [2.75, 3.05) is 50.0 Å². The molecule has 2 heterocycles. The van der Waals surface area contributed by atoms with Gasteiger partial charge in [-0.05, 0) is 26.2 Å². The van der Waals surface area contributed by atoms with Gasteiger partial charge in [0.05, 0.1) is 0 Å². The smallest absolute Gasteiger partial charge is 0.171 e. The molecule has 1 aromatic rings. The number of likely N-dealkylation sites (N-methyl/N-ethyl adjacent to an activating group) is 1. The van der Waals surface area contributed by atoms with E-state index in [4.69, 9.17) is 12.2 Å². The molecule has 0 saturated carbocycles. The second-order valence-corrected chi connectivity index (χ2v) is 4.94. The molecule has 0 amide bonds. The summed E-state index contributed by atoms with van der Waals surface area (Å²) in [5.41, 5.74) is 0. The first kappa shape index (κ1) is 14.0. The first-order valence-electron chi connectivity index (χ1n) is 6.49. The van der Waals surface area contributed by atoms with E-state index in [9.17, 15) is 0 Å². The molecule has 0 atom stereocenters. The van der Waals surface area contributed by atoms with Gasteiger partial charge in [0.15, 0.2) is 5.11 Å². The summed E-state index contributed by atoms with van der Waals surface area (Å²) in [4.78, 5) is 13.1. The minimum atomic E-state index is 0.588. The molecule has 19 heavy (non-hydrogen) atoms. The molecule has 104 valence electrons. The highest BCUT2D eigenvalue weighted by molar-refractivity contribution is 7.80. The summed E-state index contributed by atoms with van der Waals surface area (Å²) in [6.45, 7) is 6.90. The van der Waals surface area contributed by atoms with Crippen molar-refractivity contribution in [2.24, 2.45) is 0 Å². The van der Waals surface area contributed by atoms with Crippen LogP contribution in [0.1, 0.15) is 6.92 Å². The Kier molecular flexibility index (Phi) is 4.86. The largest absolute Gasteiger partial charge is 0.363 e. The number of thiocarbonyl (C=S) groups is 1. The molecule has 0 aromatic carbocycles. The molecule has 2 rings (SSSR count). The molecule has 0 radical (unpaired) electrons. The van der Waals surface area contributed by atoms with Gasteiger partial charge in [-0.25, -0.2) is 9.97 Å². The van der Waals surface area contributed by atoms with E-state index < -0.39 is 0 Å². The van der Waals surface area contributed by atoms with Crippen molar-refractivity contribution in [3.63, 3.8) is 0 Å². The fourth-order valence-corrected chi connectivity index (χ4v) is 2.19. The number of hydrogen-bond donors (Lipinski definition) is 2. The minimum absolute atomic E-state index is 0.588. The Morgan fingerprint density at radius 3 is 2.74 bits per heavy atom. The predicted molar refractivity (Wildman–Crippen MR) is 81.6 cm³/mol. The van der Waals surface area contributed by atoms with E-state index in [1.165, 1.54) is 0 Å². The number of nitrogens with one attached hydrogen (secondary N) is 2. The highest BCUT2D eigenvalue weighted by Crippen LogP contribution is 2.15. The van der Waals surface area contributed by atoms with Crippen LogP contribution in [0.25, 0.3) is 0 Å². The average Bonchev–Trinajstić information content (AvgIpc) is 2.40. The van der Waals surface area contributed by atoms with Crippen LogP contribution in [0.5, 0.6) is 0 Å². The highest BCUT2D eigenvalue weighted by atomic mass is 32.1. The summed E-state index contributed by atoms with van der Waals surface area (Å²) in [6, 6.07) is 1.94. The summed E-state index contributed by atoms with van der Waals surface area (Å²) in [5.74, 6) is 1.68. The molecule has 0 spiro atoms. The van der Waals surface area contributed by atoms with Crippen LogP contribution >= 0.6 is 12.2 Å². The van der Waals surface area contributed by atoms with Crippen molar-refractivity contribution < 1.29 is 0 Å². The van der Waals surface area contributed by atoms with Gasteiger partial charge in [-0.15, -0.1) is 0 Å². The quantitative estimate of drug-likeness (QED) is 0.784. The summed E-state index contributed by atoms with van der Waals surface area (Å²) < 4.78 is 0. The summed E-state index contributed by atoms with van der Waals surface area (Å²) >= 11 is 5.15. The fraction of sp³-hybridized carbons (Fsp3) is 0.583. The molecule has 1 fully saturated rings. The molecule has 0 aliphatic carbocycles. The lowest BCUT2D eigenvalue weighted by atomic mass is 10.3. The molecule has 1 aliphatic rings. The van der Waals surface area contributed by atoms with Crippen LogP contribution in [0, 0.1) is 0 Å². The van der Waals surface area contributed by atoms with E-state index >= 15 is 0 Å².